The highest BCUT2D eigenvalue weighted by Gasteiger charge is 2.39. The third kappa shape index (κ3) is 6.08. The van der Waals surface area contributed by atoms with E-state index >= 15 is 0 Å². The second-order valence-corrected chi connectivity index (χ2v) is 5.87. The fraction of sp³-hybridized carbons (Fsp3) is 0.867. The van der Waals surface area contributed by atoms with Gasteiger partial charge in [0.25, 0.3) is 0 Å². The number of rotatable bonds is 10. The van der Waals surface area contributed by atoms with Gasteiger partial charge in [0.15, 0.2) is 0 Å². The van der Waals surface area contributed by atoms with Gasteiger partial charge in [-0.3, -0.25) is 9.59 Å². The minimum atomic E-state index is -0.756. The van der Waals surface area contributed by atoms with Crippen LogP contribution in [0.2, 0.25) is 0 Å². The maximum Gasteiger partial charge on any atom is 0.303 e. The minimum Gasteiger partial charge on any atom is -0.481 e. The summed E-state index contributed by atoms with van der Waals surface area (Å²) in [4.78, 5) is 22.5. The highest BCUT2D eigenvalue weighted by atomic mass is 16.4. The number of carbonyl (C=O) groups is 2. The van der Waals surface area contributed by atoms with Crippen molar-refractivity contribution in [1.82, 2.24) is 5.32 Å². The molecule has 0 heterocycles. The first kappa shape index (κ1) is 16.0. The van der Waals surface area contributed by atoms with E-state index in [1.165, 1.54) is 19.3 Å². The van der Waals surface area contributed by atoms with Gasteiger partial charge in [-0.05, 0) is 24.7 Å². The lowest BCUT2D eigenvalue weighted by molar-refractivity contribution is -0.141. The van der Waals surface area contributed by atoms with Crippen molar-refractivity contribution in [2.75, 3.05) is 6.54 Å². The standard InChI is InChI=1S/C15H27NO3/c1-2-3-4-5-6-8-13(17)16-12-15(9-7-10-15)11-14(18)19/h2-12H2,1H3,(H,16,17)(H,18,19). The molecule has 0 spiro atoms. The van der Waals surface area contributed by atoms with Crippen molar-refractivity contribution in [1.29, 1.82) is 0 Å². The average molecular weight is 269 g/mol. The molecule has 0 saturated heterocycles. The van der Waals surface area contributed by atoms with Crippen LogP contribution in [0.5, 0.6) is 0 Å². The van der Waals surface area contributed by atoms with E-state index in [0.29, 0.717) is 13.0 Å². The molecule has 0 aromatic carbocycles. The molecule has 1 saturated carbocycles. The van der Waals surface area contributed by atoms with Gasteiger partial charge in [-0.2, -0.15) is 0 Å². The largest absolute Gasteiger partial charge is 0.481 e. The highest BCUT2D eigenvalue weighted by Crippen LogP contribution is 2.43. The van der Waals surface area contributed by atoms with E-state index in [1.807, 2.05) is 0 Å². The SMILES string of the molecule is CCCCCCCC(=O)NCC1(CC(=O)O)CCC1. The molecule has 0 aromatic rings. The van der Waals surface area contributed by atoms with Crippen LogP contribution in [0.3, 0.4) is 0 Å². The van der Waals surface area contributed by atoms with Gasteiger partial charge >= 0.3 is 5.97 Å². The van der Waals surface area contributed by atoms with E-state index in [2.05, 4.69) is 12.2 Å². The predicted molar refractivity (Wildman–Crippen MR) is 74.9 cm³/mol. The van der Waals surface area contributed by atoms with Gasteiger partial charge in [-0.15, -0.1) is 0 Å². The van der Waals surface area contributed by atoms with Crippen LogP contribution in [-0.4, -0.2) is 23.5 Å². The Kier molecular flexibility index (Phi) is 6.89. The summed E-state index contributed by atoms with van der Waals surface area (Å²) in [5.74, 6) is -0.679. The number of hydrogen-bond acceptors (Lipinski definition) is 2. The number of hydrogen-bond donors (Lipinski definition) is 2. The zero-order valence-electron chi connectivity index (χ0n) is 12.0. The topological polar surface area (TPSA) is 66.4 Å². The van der Waals surface area contributed by atoms with Gasteiger partial charge in [0.05, 0.1) is 6.42 Å². The Bertz CT molecular complexity index is 298. The van der Waals surface area contributed by atoms with Crippen LogP contribution in [0.15, 0.2) is 0 Å². The van der Waals surface area contributed by atoms with Crippen molar-refractivity contribution in [3.63, 3.8) is 0 Å². The summed E-state index contributed by atoms with van der Waals surface area (Å²) >= 11 is 0. The van der Waals surface area contributed by atoms with Crippen molar-refractivity contribution < 1.29 is 14.7 Å². The summed E-state index contributed by atoms with van der Waals surface area (Å²) in [6.07, 6.45) is 9.41. The molecule has 0 atom stereocenters. The molecule has 4 heteroatoms. The molecular formula is C15H27NO3. The number of aliphatic carboxylic acids is 1. The van der Waals surface area contributed by atoms with Gasteiger partial charge in [-0.1, -0.05) is 39.0 Å². The van der Waals surface area contributed by atoms with Gasteiger partial charge in [0.2, 0.25) is 5.91 Å². The van der Waals surface area contributed by atoms with Crippen LogP contribution in [0, 0.1) is 5.41 Å². The van der Waals surface area contributed by atoms with E-state index in [4.69, 9.17) is 5.11 Å². The molecule has 4 nitrogen and oxygen atoms in total. The van der Waals surface area contributed by atoms with Gasteiger partial charge < -0.3 is 10.4 Å². The Labute approximate surface area is 116 Å². The fourth-order valence-corrected chi connectivity index (χ4v) is 2.68. The number of carboxylic acid groups (broad SMARTS) is 1. The van der Waals surface area contributed by atoms with E-state index < -0.39 is 5.97 Å². The second-order valence-electron chi connectivity index (χ2n) is 5.87. The van der Waals surface area contributed by atoms with E-state index in [9.17, 15) is 9.59 Å². The molecule has 0 bridgehead atoms. The molecule has 0 aromatic heterocycles. The zero-order chi connectivity index (χ0) is 14.1. The van der Waals surface area contributed by atoms with Crippen molar-refractivity contribution >= 4 is 11.9 Å². The summed E-state index contributed by atoms with van der Waals surface area (Å²) in [6, 6.07) is 0. The lowest BCUT2D eigenvalue weighted by atomic mass is 9.66. The molecular weight excluding hydrogens is 242 g/mol. The molecule has 0 unspecified atom stereocenters. The third-order valence-electron chi connectivity index (χ3n) is 4.11. The van der Waals surface area contributed by atoms with Crippen molar-refractivity contribution in [3.8, 4) is 0 Å². The Morgan fingerprint density at radius 1 is 1.16 bits per heavy atom. The summed E-state index contributed by atoms with van der Waals surface area (Å²) in [7, 11) is 0. The van der Waals surface area contributed by atoms with Crippen LogP contribution in [-0.2, 0) is 9.59 Å². The lowest BCUT2D eigenvalue weighted by Gasteiger charge is -2.40. The predicted octanol–water partition coefficient (Wildman–Crippen LogP) is 3.11. The van der Waals surface area contributed by atoms with E-state index in [1.54, 1.807) is 0 Å². The molecule has 1 amide bonds. The Balaban J connectivity index is 2.13. The van der Waals surface area contributed by atoms with Gasteiger partial charge in [0.1, 0.15) is 0 Å². The molecule has 1 fully saturated rings. The first-order chi connectivity index (χ1) is 9.08. The van der Waals surface area contributed by atoms with Crippen LogP contribution in [0.25, 0.3) is 0 Å². The van der Waals surface area contributed by atoms with E-state index in [0.717, 1.165) is 32.1 Å². The Hall–Kier alpha value is -1.06. The van der Waals surface area contributed by atoms with Gasteiger partial charge in [0, 0.05) is 13.0 Å². The first-order valence-corrected chi connectivity index (χ1v) is 7.56. The normalized spacial score (nSPS) is 16.7. The molecule has 1 aliphatic rings. The number of unbranched alkanes of at least 4 members (excludes halogenated alkanes) is 4. The molecule has 0 aliphatic heterocycles. The maximum absolute atomic E-state index is 11.7. The number of amides is 1. The average Bonchev–Trinajstić information content (AvgIpc) is 2.31. The monoisotopic (exact) mass is 269 g/mol. The zero-order valence-corrected chi connectivity index (χ0v) is 12.0. The van der Waals surface area contributed by atoms with Gasteiger partial charge in [-0.25, -0.2) is 0 Å². The first-order valence-electron chi connectivity index (χ1n) is 7.56. The van der Waals surface area contributed by atoms with Crippen molar-refractivity contribution in [2.45, 2.75) is 71.1 Å². The molecule has 0 radical (unpaired) electrons. The molecule has 1 aliphatic carbocycles. The summed E-state index contributed by atoms with van der Waals surface area (Å²) in [5, 5.41) is 11.8. The highest BCUT2D eigenvalue weighted by molar-refractivity contribution is 5.76. The lowest BCUT2D eigenvalue weighted by Crippen LogP contribution is -2.43. The summed E-state index contributed by atoms with van der Waals surface area (Å²) in [5.41, 5.74) is -0.163. The summed E-state index contributed by atoms with van der Waals surface area (Å²) in [6.45, 7) is 2.71. The molecule has 1 rings (SSSR count). The second kappa shape index (κ2) is 8.18. The van der Waals surface area contributed by atoms with E-state index in [-0.39, 0.29) is 17.7 Å². The fourth-order valence-electron chi connectivity index (χ4n) is 2.68. The minimum absolute atomic E-state index is 0.0770. The smallest absolute Gasteiger partial charge is 0.303 e. The van der Waals surface area contributed by atoms with Crippen LogP contribution in [0.1, 0.15) is 71.1 Å². The Morgan fingerprint density at radius 2 is 1.84 bits per heavy atom. The van der Waals surface area contributed by atoms with Crippen molar-refractivity contribution in [3.05, 3.63) is 0 Å². The van der Waals surface area contributed by atoms with Crippen molar-refractivity contribution in [2.24, 2.45) is 5.41 Å². The maximum atomic E-state index is 11.7. The molecule has 110 valence electrons. The number of nitrogens with one attached hydrogen (secondary N) is 1. The molecule has 19 heavy (non-hydrogen) atoms. The third-order valence-corrected chi connectivity index (χ3v) is 4.11. The number of carbonyl (C=O) groups excluding carboxylic acids is 1. The molecule has 2 N–H and O–H groups in total. The van der Waals surface area contributed by atoms with Crippen LogP contribution < -0.4 is 5.32 Å². The number of carboxylic acids is 1. The summed E-state index contributed by atoms with van der Waals surface area (Å²) < 4.78 is 0. The quantitative estimate of drug-likeness (QED) is 0.599. The Morgan fingerprint density at radius 3 is 2.37 bits per heavy atom. The van der Waals surface area contributed by atoms with Crippen LogP contribution >= 0.6 is 0 Å². The van der Waals surface area contributed by atoms with Crippen LogP contribution in [0.4, 0.5) is 0 Å².